The van der Waals surface area contributed by atoms with Crippen LogP contribution in [0.4, 0.5) is 4.39 Å². The summed E-state index contributed by atoms with van der Waals surface area (Å²) in [5.41, 5.74) is 2.65. The minimum atomic E-state index is -0.475. The highest BCUT2D eigenvalue weighted by Gasteiger charge is 2.18. The van der Waals surface area contributed by atoms with Crippen molar-refractivity contribution in [2.45, 2.75) is 0 Å². The van der Waals surface area contributed by atoms with Crippen LogP contribution >= 0.6 is 34.5 Å². The lowest BCUT2D eigenvalue weighted by molar-refractivity contribution is 0.628. The summed E-state index contributed by atoms with van der Waals surface area (Å²) >= 11 is 13.6. The van der Waals surface area contributed by atoms with Gasteiger partial charge in [-0.05, 0) is 24.3 Å². The third-order valence-electron chi connectivity index (χ3n) is 3.51. The lowest BCUT2D eigenvalue weighted by atomic mass is 10.0. The molecular weight excluding hydrogens is 356 g/mol. The Balaban J connectivity index is 2.04. The summed E-state index contributed by atoms with van der Waals surface area (Å²) < 4.78 is 14.5. The van der Waals surface area contributed by atoms with Gasteiger partial charge in [0.2, 0.25) is 0 Å². The monoisotopic (exact) mass is 363 g/mol. The molecule has 0 radical (unpaired) electrons. The van der Waals surface area contributed by atoms with Crippen LogP contribution in [0.2, 0.25) is 9.36 Å². The summed E-state index contributed by atoms with van der Waals surface area (Å²) in [7, 11) is 0. The van der Waals surface area contributed by atoms with Crippen LogP contribution < -0.4 is 0 Å². The topological polar surface area (TPSA) is 41.6 Å². The molecule has 1 N–H and O–H groups in total. The Morgan fingerprint density at radius 1 is 1.04 bits per heavy atom. The molecule has 0 aliphatic rings. The molecule has 7 heteroatoms. The molecule has 0 atom stereocenters. The number of H-pyrrole nitrogens is 1. The minimum Gasteiger partial charge on any atom is -0.275 e. The standard InChI is InChI=1S/C16H8Cl2FN3S/c17-12-5-4-11(23-12)8-6-7-20-16-13(8)15(21-22-16)9-2-1-3-10(19)14(9)18/h1-7H,(H,20,21,22). The maximum Gasteiger partial charge on any atom is 0.182 e. The first-order chi connectivity index (χ1) is 11.1. The highest BCUT2D eigenvalue weighted by Crippen LogP contribution is 2.40. The summed E-state index contributed by atoms with van der Waals surface area (Å²) in [6.07, 6.45) is 1.68. The Hall–Kier alpha value is -1.95. The van der Waals surface area contributed by atoms with Crippen LogP contribution in [0.3, 0.4) is 0 Å². The first kappa shape index (κ1) is 14.6. The zero-order valence-electron chi connectivity index (χ0n) is 11.5. The number of thiophene rings is 1. The number of nitrogens with one attached hydrogen (secondary N) is 1. The molecular formula is C16H8Cl2FN3S. The first-order valence-corrected chi connectivity index (χ1v) is 8.25. The van der Waals surface area contributed by atoms with Gasteiger partial charge in [-0.3, -0.25) is 5.10 Å². The lowest BCUT2D eigenvalue weighted by Gasteiger charge is -2.06. The van der Waals surface area contributed by atoms with Gasteiger partial charge in [-0.15, -0.1) is 11.3 Å². The van der Waals surface area contributed by atoms with E-state index in [0.717, 1.165) is 15.8 Å². The van der Waals surface area contributed by atoms with Gasteiger partial charge in [0.15, 0.2) is 5.65 Å². The number of halogens is 3. The average Bonchev–Trinajstić information content (AvgIpc) is 3.16. The van der Waals surface area contributed by atoms with Gasteiger partial charge < -0.3 is 0 Å². The van der Waals surface area contributed by atoms with Gasteiger partial charge in [0.05, 0.1) is 20.4 Å². The van der Waals surface area contributed by atoms with Gasteiger partial charge in [0.1, 0.15) is 5.82 Å². The maximum atomic E-state index is 13.8. The van der Waals surface area contributed by atoms with Gasteiger partial charge in [0, 0.05) is 22.2 Å². The molecule has 0 fully saturated rings. The van der Waals surface area contributed by atoms with E-state index in [9.17, 15) is 4.39 Å². The van der Waals surface area contributed by atoms with Crippen molar-refractivity contribution in [3.8, 4) is 21.7 Å². The summed E-state index contributed by atoms with van der Waals surface area (Å²) in [5, 5.41) is 7.98. The van der Waals surface area contributed by atoms with E-state index < -0.39 is 5.82 Å². The molecule has 1 aromatic carbocycles. The number of pyridine rings is 1. The quantitative estimate of drug-likeness (QED) is 0.488. The van der Waals surface area contributed by atoms with Crippen LogP contribution in [0, 0.1) is 5.82 Å². The molecule has 23 heavy (non-hydrogen) atoms. The second-order valence-electron chi connectivity index (χ2n) is 4.86. The Morgan fingerprint density at radius 3 is 2.70 bits per heavy atom. The van der Waals surface area contributed by atoms with Crippen molar-refractivity contribution in [1.29, 1.82) is 0 Å². The van der Waals surface area contributed by atoms with E-state index >= 15 is 0 Å². The van der Waals surface area contributed by atoms with Gasteiger partial charge in [-0.1, -0.05) is 35.3 Å². The van der Waals surface area contributed by atoms with Crippen LogP contribution in [0.15, 0.2) is 42.6 Å². The fraction of sp³-hybridized carbons (Fsp3) is 0. The zero-order valence-corrected chi connectivity index (χ0v) is 13.8. The number of benzene rings is 1. The number of nitrogens with zero attached hydrogens (tertiary/aromatic N) is 2. The van der Waals surface area contributed by atoms with Crippen molar-refractivity contribution >= 4 is 45.6 Å². The highest BCUT2D eigenvalue weighted by molar-refractivity contribution is 7.19. The molecule has 0 bridgehead atoms. The van der Waals surface area contributed by atoms with Gasteiger partial charge in [-0.2, -0.15) is 5.10 Å². The predicted octanol–water partition coefficient (Wildman–Crippen LogP) is 5.80. The molecule has 0 amide bonds. The average molecular weight is 364 g/mol. The van der Waals surface area contributed by atoms with Crippen LogP contribution in [-0.4, -0.2) is 15.2 Å². The molecule has 3 heterocycles. The van der Waals surface area contributed by atoms with Crippen molar-refractivity contribution in [3.63, 3.8) is 0 Å². The molecule has 0 aliphatic carbocycles. The number of rotatable bonds is 2. The van der Waals surface area contributed by atoms with E-state index in [-0.39, 0.29) is 5.02 Å². The third-order valence-corrected chi connectivity index (χ3v) is 5.16. The van der Waals surface area contributed by atoms with Crippen molar-refractivity contribution in [3.05, 3.63) is 57.8 Å². The smallest absolute Gasteiger partial charge is 0.182 e. The Labute approximate surface area is 144 Å². The Kier molecular flexibility index (Phi) is 3.56. The number of aromatic nitrogens is 3. The van der Waals surface area contributed by atoms with E-state index in [4.69, 9.17) is 23.2 Å². The number of fused-ring (bicyclic) bond motifs is 1. The van der Waals surface area contributed by atoms with Crippen molar-refractivity contribution in [2.24, 2.45) is 0 Å². The summed E-state index contributed by atoms with van der Waals surface area (Å²) in [6, 6.07) is 10.3. The predicted molar refractivity (Wildman–Crippen MR) is 92.6 cm³/mol. The molecule has 0 saturated heterocycles. The second kappa shape index (κ2) is 5.60. The summed E-state index contributed by atoms with van der Waals surface area (Å²) in [4.78, 5) is 5.25. The Bertz CT molecular complexity index is 1030. The largest absolute Gasteiger partial charge is 0.275 e. The molecule has 4 aromatic rings. The molecule has 0 unspecified atom stereocenters. The zero-order chi connectivity index (χ0) is 16.0. The van der Waals surface area contributed by atoms with Crippen molar-refractivity contribution < 1.29 is 4.39 Å². The number of hydrogen-bond acceptors (Lipinski definition) is 3. The molecule has 3 nitrogen and oxygen atoms in total. The fourth-order valence-corrected chi connectivity index (χ4v) is 3.80. The number of hydrogen-bond donors (Lipinski definition) is 1. The van der Waals surface area contributed by atoms with Crippen molar-refractivity contribution in [1.82, 2.24) is 15.2 Å². The van der Waals surface area contributed by atoms with E-state index in [0.29, 0.717) is 21.2 Å². The maximum absolute atomic E-state index is 13.8. The van der Waals surface area contributed by atoms with Gasteiger partial charge >= 0.3 is 0 Å². The highest BCUT2D eigenvalue weighted by atomic mass is 35.5. The first-order valence-electron chi connectivity index (χ1n) is 6.68. The molecule has 0 aliphatic heterocycles. The van der Waals surface area contributed by atoms with Crippen LogP contribution in [0.25, 0.3) is 32.7 Å². The van der Waals surface area contributed by atoms with Gasteiger partial charge in [-0.25, -0.2) is 9.37 Å². The van der Waals surface area contributed by atoms with Gasteiger partial charge in [0.25, 0.3) is 0 Å². The molecule has 0 saturated carbocycles. The third kappa shape index (κ3) is 2.41. The molecule has 4 rings (SSSR count). The van der Waals surface area contributed by atoms with Crippen LogP contribution in [-0.2, 0) is 0 Å². The van der Waals surface area contributed by atoms with E-state index in [1.807, 2.05) is 18.2 Å². The fourth-order valence-electron chi connectivity index (χ4n) is 2.50. The van der Waals surface area contributed by atoms with E-state index in [1.54, 1.807) is 18.3 Å². The van der Waals surface area contributed by atoms with Crippen LogP contribution in [0.1, 0.15) is 0 Å². The molecule has 3 aromatic heterocycles. The SMILES string of the molecule is Fc1cccc(-c2[nH]nc3nccc(-c4ccc(Cl)s4)c23)c1Cl. The van der Waals surface area contributed by atoms with Crippen molar-refractivity contribution in [2.75, 3.05) is 0 Å². The summed E-state index contributed by atoms with van der Waals surface area (Å²) in [6.45, 7) is 0. The molecule has 114 valence electrons. The van der Waals surface area contributed by atoms with Crippen LogP contribution in [0.5, 0.6) is 0 Å². The lowest BCUT2D eigenvalue weighted by Crippen LogP contribution is -1.86. The summed E-state index contributed by atoms with van der Waals surface area (Å²) in [5.74, 6) is -0.475. The molecule has 0 spiro atoms. The minimum absolute atomic E-state index is 0.0528. The Morgan fingerprint density at radius 2 is 1.91 bits per heavy atom. The second-order valence-corrected chi connectivity index (χ2v) is 6.95. The normalized spacial score (nSPS) is 11.3. The van der Waals surface area contributed by atoms with E-state index in [2.05, 4.69) is 15.2 Å². The number of aromatic amines is 1. The van der Waals surface area contributed by atoms with E-state index in [1.165, 1.54) is 17.4 Å².